The standard InChI is InChI=1S/C13H7F3N4O/c14-13(15,16)8-4-5-9(18-7-8)11-19-12(21-20-11)10-3-1-2-6-17-10/h1-7H. The Morgan fingerprint density at radius 1 is 0.952 bits per heavy atom. The van der Waals surface area contributed by atoms with Crippen LogP contribution in [0.25, 0.3) is 23.1 Å². The summed E-state index contributed by atoms with van der Waals surface area (Å²) in [6, 6.07) is 7.27. The molecular weight excluding hydrogens is 285 g/mol. The zero-order valence-electron chi connectivity index (χ0n) is 10.4. The van der Waals surface area contributed by atoms with Gasteiger partial charge in [-0.3, -0.25) is 9.97 Å². The van der Waals surface area contributed by atoms with Crippen LogP contribution in [0.15, 0.2) is 47.2 Å². The predicted molar refractivity (Wildman–Crippen MR) is 65.8 cm³/mol. The van der Waals surface area contributed by atoms with Crippen LogP contribution in [-0.4, -0.2) is 20.1 Å². The summed E-state index contributed by atoms with van der Waals surface area (Å²) in [5, 5.41) is 3.68. The third-order valence-electron chi connectivity index (χ3n) is 2.63. The Morgan fingerprint density at radius 3 is 2.43 bits per heavy atom. The number of aromatic nitrogens is 4. The monoisotopic (exact) mass is 292 g/mol. The molecule has 0 aromatic carbocycles. The molecule has 0 fully saturated rings. The summed E-state index contributed by atoms with van der Waals surface area (Å²) in [6.07, 6.45) is -2.14. The Balaban J connectivity index is 1.90. The van der Waals surface area contributed by atoms with E-state index in [1.54, 1.807) is 24.4 Å². The Labute approximate surface area is 116 Å². The Bertz CT molecular complexity index is 738. The van der Waals surface area contributed by atoms with E-state index in [-0.39, 0.29) is 17.4 Å². The van der Waals surface area contributed by atoms with Gasteiger partial charge in [-0.2, -0.15) is 18.2 Å². The van der Waals surface area contributed by atoms with Crippen molar-refractivity contribution in [1.82, 2.24) is 20.1 Å². The molecule has 0 atom stereocenters. The molecular formula is C13H7F3N4O. The van der Waals surface area contributed by atoms with E-state index < -0.39 is 11.7 Å². The molecule has 0 radical (unpaired) electrons. The second-order valence-corrected chi connectivity index (χ2v) is 4.07. The van der Waals surface area contributed by atoms with Gasteiger partial charge in [-0.25, -0.2) is 0 Å². The van der Waals surface area contributed by atoms with Crippen LogP contribution in [-0.2, 0) is 6.18 Å². The topological polar surface area (TPSA) is 64.7 Å². The maximum absolute atomic E-state index is 12.4. The molecule has 21 heavy (non-hydrogen) atoms. The van der Waals surface area contributed by atoms with Crippen molar-refractivity contribution >= 4 is 0 Å². The summed E-state index contributed by atoms with van der Waals surface area (Å²) in [6.45, 7) is 0. The van der Waals surface area contributed by atoms with Crippen LogP contribution in [0.2, 0.25) is 0 Å². The Hall–Kier alpha value is -2.77. The number of hydrogen-bond acceptors (Lipinski definition) is 5. The number of alkyl halides is 3. The molecule has 3 rings (SSSR count). The van der Waals surface area contributed by atoms with Gasteiger partial charge in [0, 0.05) is 12.4 Å². The molecule has 3 aromatic heterocycles. The van der Waals surface area contributed by atoms with E-state index in [4.69, 9.17) is 4.52 Å². The number of pyridine rings is 2. The van der Waals surface area contributed by atoms with Crippen molar-refractivity contribution in [3.63, 3.8) is 0 Å². The van der Waals surface area contributed by atoms with Gasteiger partial charge in [0.25, 0.3) is 5.89 Å². The second-order valence-electron chi connectivity index (χ2n) is 4.07. The van der Waals surface area contributed by atoms with E-state index in [1.165, 1.54) is 6.07 Å². The number of rotatable bonds is 2. The van der Waals surface area contributed by atoms with E-state index in [0.29, 0.717) is 5.69 Å². The molecule has 0 aliphatic carbocycles. The van der Waals surface area contributed by atoms with Crippen LogP contribution in [0.4, 0.5) is 13.2 Å². The van der Waals surface area contributed by atoms with E-state index >= 15 is 0 Å². The largest absolute Gasteiger partial charge is 0.417 e. The molecule has 0 unspecified atom stereocenters. The Morgan fingerprint density at radius 2 is 1.81 bits per heavy atom. The zero-order chi connectivity index (χ0) is 14.9. The summed E-state index contributed by atoms with van der Waals surface area (Å²) in [4.78, 5) is 11.8. The van der Waals surface area contributed by atoms with Gasteiger partial charge in [0.2, 0.25) is 5.82 Å². The summed E-state index contributed by atoms with van der Waals surface area (Å²) in [7, 11) is 0. The number of halogens is 3. The summed E-state index contributed by atoms with van der Waals surface area (Å²) >= 11 is 0. The SMILES string of the molecule is FC(F)(F)c1ccc(-c2noc(-c3ccccn3)n2)nc1. The van der Waals surface area contributed by atoms with Crippen molar-refractivity contribution in [1.29, 1.82) is 0 Å². The van der Waals surface area contributed by atoms with Crippen LogP contribution in [0.5, 0.6) is 0 Å². The number of hydrogen-bond donors (Lipinski definition) is 0. The van der Waals surface area contributed by atoms with Crippen molar-refractivity contribution in [3.05, 3.63) is 48.3 Å². The fourth-order valence-corrected chi connectivity index (χ4v) is 1.61. The fourth-order valence-electron chi connectivity index (χ4n) is 1.61. The van der Waals surface area contributed by atoms with Crippen molar-refractivity contribution in [2.75, 3.05) is 0 Å². The highest BCUT2D eigenvalue weighted by molar-refractivity contribution is 5.54. The minimum atomic E-state index is -4.43. The van der Waals surface area contributed by atoms with Crippen LogP contribution < -0.4 is 0 Å². The first-order valence-corrected chi connectivity index (χ1v) is 5.83. The van der Waals surface area contributed by atoms with Gasteiger partial charge in [0.1, 0.15) is 11.4 Å². The van der Waals surface area contributed by atoms with Gasteiger partial charge in [-0.05, 0) is 24.3 Å². The third kappa shape index (κ3) is 2.73. The highest BCUT2D eigenvalue weighted by Gasteiger charge is 2.30. The van der Waals surface area contributed by atoms with Gasteiger partial charge in [0.15, 0.2) is 0 Å². The molecule has 0 aliphatic rings. The van der Waals surface area contributed by atoms with E-state index in [0.717, 1.165) is 12.3 Å². The van der Waals surface area contributed by atoms with Gasteiger partial charge < -0.3 is 4.52 Å². The lowest BCUT2D eigenvalue weighted by molar-refractivity contribution is -0.137. The molecule has 8 heteroatoms. The van der Waals surface area contributed by atoms with E-state index in [9.17, 15) is 13.2 Å². The Kier molecular flexibility index (Phi) is 3.13. The van der Waals surface area contributed by atoms with Crippen LogP contribution >= 0.6 is 0 Å². The smallest absolute Gasteiger partial charge is 0.332 e. The maximum Gasteiger partial charge on any atom is 0.417 e. The van der Waals surface area contributed by atoms with Crippen LogP contribution in [0.3, 0.4) is 0 Å². The van der Waals surface area contributed by atoms with Gasteiger partial charge in [-0.15, -0.1) is 0 Å². The molecule has 0 bridgehead atoms. The summed E-state index contributed by atoms with van der Waals surface area (Å²) in [5.41, 5.74) is -0.170. The molecule has 106 valence electrons. The number of nitrogens with zero attached hydrogens (tertiary/aromatic N) is 4. The van der Waals surface area contributed by atoms with Crippen molar-refractivity contribution in [2.45, 2.75) is 6.18 Å². The lowest BCUT2D eigenvalue weighted by Gasteiger charge is -2.05. The fraction of sp³-hybridized carbons (Fsp3) is 0.0769. The van der Waals surface area contributed by atoms with Crippen LogP contribution in [0.1, 0.15) is 5.56 Å². The first-order chi connectivity index (χ1) is 10.0. The predicted octanol–water partition coefficient (Wildman–Crippen LogP) is 3.21. The van der Waals surface area contributed by atoms with Gasteiger partial charge in [-0.1, -0.05) is 11.2 Å². The molecule has 3 aromatic rings. The third-order valence-corrected chi connectivity index (χ3v) is 2.63. The summed E-state index contributed by atoms with van der Waals surface area (Å²) < 4.78 is 42.4. The molecule has 3 heterocycles. The zero-order valence-corrected chi connectivity index (χ0v) is 10.4. The van der Waals surface area contributed by atoms with Gasteiger partial charge in [0.05, 0.1) is 5.56 Å². The first kappa shape index (κ1) is 13.2. The average Bonchev–Trinajstić information content (AvgIpc) is 2.97. The first-order valence-electron chi connectivity index (χ1n) is 5.83. The molecule has 0 aliphatic heterocycles. The van der Waals surface area contributed by atoms with Crippen molar-refractivity contribution in [2.24, 2.45) is 0 Å². The highest BCUT2D eigenvalue weighted by Crippen LogP contribution is 2.29. The maximum atomic E-state index is 12.4. The lowest BCUT2D eigenvalue weighted by Crippen LogP contribution is -2.05. The normalized spacial score (nSPS) is 11.6. The highest BCUT2D eigenvalue weighted by atomic mass is 19.4. The second kappa shape index (κ2) is 4.97. The molecule has 0 amide bonds. The van der Waals surface area contributed by atoms with E-state index in [2.05, 4.69) is 20.1 Å². The van der Waals surface area contributed by atoms with Crippen molar-refractivity contribution in [3.8, 4) is 23.1 Å². The molecule has 0 spiro atoms. The minimum Gasteiger partial charge on any atom is -0.332 e. The van der Waals surface area contributed by atoms with Crippen molar-refractivity contribution < 1.29 is 17.7 Å². The molecule has 0 saturated carbocycles. The van der Waals surface area contributed by atoms with E-state index in [1.807, 2.05) is 0 Å². The van der Waals surface area contributed by atoms with Crippen LogP contribution in [0, 0.1) is 0 Å². The minimum absolute atomic E-state index is 0.101. The molecule has 0 saturated heterocycles. The summed E-state index contributed by atoms with van der Waals surface area (Å²) in [5.74, 6) is 0.275. The molecule has 0 N–H and O–H groups in total. The molecule has 5 nitrogen and oxygen atoms in total. The average molecular weight is 292 g/mol. The lowest BCUT2D eigenvalue weighted by atomic mass is 10.2. The quantitative estimate of drug-likeness (QED) is 0.725. The van der Waals surface area contributed by atoms with Gasteiger partial charge >= 0.3 is 6.18 Å².